The largest absolute Gasteiger partial charge is 0.465 e. The number of halogens is 1. The van der Waals surface area contributed by atoms with Crippen molar-refractivity contribution in [1.29, 1.82) is 0 Å². The molecule has 0 saturated carbocycles. The number of esters is 1. The number of ether oxygens (including phenoxy) is 2. The second-order valence-corrected chi connectivity index (χ2v) is 7.47. The van der Waals surface area contributed by atoms with Crippen LogP contribution in [0.25, 0.3) is 11.0 Å². The molecule has 3 aromatic rings. The summed E-state index contributed by atoms with van der Waals surface area (Å²) in [6.07, 6.45) is 2.34. The Morgan fingerprint density at radius 1 is 1.09 bits per heavy atom. The molecule has 0 bridgehead atoms. The van der Waals surface area contributed by atoms with Crippen molar-refractivity contribution in [2.24, 2.45) is 0 Å². The molecular weight excluding hydrogens is 439 g/mol. The van der Waals surface area contributed by atoms with Gasteiger partial charge in [-0.2, -0.15) is 0 Å². The summed E-state index contributed by atoms with van der Waals surface area (Å²) in [6.45, 7) is 4.59. The average molecular weight is 473 g/mol. The van der Waals surface area contributed by atoms with Crippen LogP contribution in [0.5, 0.6) is 0 Å². The van der Waals surface area contributed by atoms with E-state index in [1.807, 2.05) is 6.07 Å². The van der Waals surface area contributed by atoms with Crippen LogP contribution in [0.2, 0.25) is 0 Å². The first-order chi connectivity index (χ1) is 16.5. The maximum Gasteiger partial charge on any atom is 0.319 e. The Morgan fingerprint density at radius 2 is 1.85 bits per heavy atom. The Hall–Kier alpha value is -3.07. The first-order valence-corrected chi connectivity index (χ1v) is 11.3. The molecule has 0 atom stereocenters. The van der Waals surface area contributed by atoms with Crippen LogP contribution in [-0.2, 0) is 38.4 Å². The summed E-state index contributed by atoms with van der Waals surface area (Å²) in [5.74, 6) is 0.514. The quantitative estimate of drug-likeness (QED) is 0.224. The molecule has 3 rings (SSSR count). The molecule has 0 unspecified atom stereocenters. The smallest absolute Gasteiger partial charge is 0.319 e. The van der Waals surface area contributed by atoms with E-state index in [2.05, 4.69) is 33.6 Å². The number of furan rings is 1. The van der Waals surface area contributed by atoms with Gasteiger partial charge in [0.2, 0.25) is 0 Å². The fourth-order valence-electron chi connectivity index (χ4n) is 3.15. The van der Waals surface area contributed by atoms with Gasteiger partial charge >= 0.3 is 5.97 Å². The minimum absolute atomic E-state index is 0.140. The fraction of sp³-hybridized carbons (Fsp3) is 0.385. The third-order valence-corrected chi connectivity index (χ3v) is 4.77. The molecule has 2 N–H and O–H groups in total. The molecule has 34 heavy (non-hydrogen) atoms. The number of likely N-dealkylation sites (N-methyl/N-ethyl adjacent to an activating group) is 1. The zero-order valence-electron chi connectivity index (χ0n) is 19.8. The standard InChI is InChI=1S/C21H22FNO3.C5H11NO2/c22-19-6-2-16(3-7-19)4-8-20-14-18-5-1-17(13-21(18)26-20)15-23-9-11-25-12-10-24;1-3-8-5(7)4-6-2/h1-3,5-7,10,13-14,23H,4,8-9,11-12,15H2;6H,3-4H2,1-2H3. The molecule has 0 aliphatic heterocycles. The maximum atomic E-state index is 12.9. The molecule has 0 saturated heterocycles. The van der Waals surface area contributed by atoms with Crippen molar-refractivity contribution in [2.75, 3.05) is 40.0 Å². The molecule has 0 aliphatic rings. The second kappa shape index (κ2) is 15.7. The fourth-order valence-corrected chi connectivity index (χ4v) is 3.15. The third kappa shape index (κ3) is 10.2. The monoisotopic (exact) mass is 472 g/mol. The van der Waals surface area contributed by atoms with E-state index in [9.17, 15) is 14.0 Å². The number of aryl methyl sites for hydroxylation is 2. The summed E-state index contributed by atoms with van der Waals surface area (Å²) < 4.78 is 28.6. The summed E-state index contributed by atoms with van der Waals surface area (Å²) in [5, 5.41) is 7.03. The van der Waals surface area contributed by atoms with Gasteiger partial charge < -0.3 is 29.3 Å². The highest BCUT2D eigenvalue weighted by atomic mass is 19.1. The van der Waals surface area contributed by atoms with Crippen molar-refractivity contribution >= 4 is 23.2 Å². The lowest BCUT2D eigenvalue weighted by Crippen LogP contribution is -2.20. The van der Waals surface area contributed by atoms with Gasteiger partial charge in [-0.1, -0.05) is 24.3 Å². The van der Waals surface area contributed by atoms with Crippen LogP contribution < -0.4 is 10.6 Å². The van der Waals surface area contributed by atoms with Crippen LogP contribution >= 0.6 is 0 Å². The minimum atomic E-state index is -0.214. The van der Waals surface area contributed by atoms with Crippen molar-refractivity contribution in [2.45, 2.75) is 26.3 Å². The van der Waals surface area contributed by atoms with Gasteiger partial charge in [-0.3, -0.25) is 4.79 Å². The first kappa shape index (κ1) is 27.2. The number of benzene rings is 2. The van der Waals surface area contributed by atoms with E-state index >= 15 is 0 Å². The van der Waals surface area contributed by atoms with Gasteiger partial charge in [0.05, 0.1) is 19.8 Å². The first-order valence-electron chi connectivity index (χ1n) is 11.3. The second-order valence-electron chi connectivity index (χ2n) is 7.47. The molecule has 1 heterocycles. The lowest BCUT2D eigenvalue weighted by molar-refractivity contribution is -0.141. The van der Waals surface area contributed by atoms with Gasteiger partial charge in [0.1, 0.15) is 30.1 Å². The van der Waals surface area contributed by atoms with Gasteiger partial charge in [-0.05, 0) is 55.8 Å². The number of hydrogen-bond acceptors (Lipinski definition) is 7. The number of fused-ring (bicyclic) bond motifs is 1. The normalized spacial score (nSPS) is 10.6. The third-order valence-electron chi connectivity index (χ3n) is 4.77. The lowest BCUT2D eigenvalue weighted by Gasteiger charge is -2.04. The minimum Gasteiger partial charge on any atom is -0.465 e. The van der Waals surface area contributed by atoms with Crippen LogP contribution in [0.4, 0.5) is 4.39 Å². The highest BCUT2D eigenvalue weighted by Gasteiger charge is 2.06. The Labute approximate surface area is 199 Å². The Kier molecular flexibility index (Phi) is 12.6. The summed E-state index contributed by atoms with van der Waals surface area (Å²) in [7, 11) is 1.71. The maximum absolute atomic E-state index is 12.9. The van der Waals surface area contributed by atoms with Crippen molar-refractivity contribution in [3.63, 3.8) is 0 Å². The van der Waals surface area contributed by atoms with E-state index in [0.29, 0.717) is 32.8 Å². The topological polar surface area (TPSA) is 89.8 Å². The Morgan fingerprint density at radius 3 is 2.56 bits per heavy atom. The molecule has 7 nitrogen and oxygen atoms in total. The van der Waals surface area contributed by atoms with E-state index < -0.39 is 0 Å². The molecule has 184 valence electrons. The molecule has 0 spiro atoms. The number of rotatable bonds is 13. The average Bonchev–Trinajstić information content (AvgIpc) is 3.24. The van der Waals surface area contributed by atoms with Gasteiger partial charge in [-0.25, -0.2) is 4.39 Å². The summed E-state index contributed by atoms with van der Waals surface area (Å²) >= 11 is 0. The van der Waals surface area contributed by atoms with Crippen LogP contribution in [-0.4, -0.2) is 52.2 Å². The van der Waals surface area contributed by atoms with E-state index in [0.717, 1.165) is 47.0 Å². The van der Waals surface area contributed by atoms with Gasteiger partial charge in [-0.15, -0.1) is 0 Å². The Bertz CT molecular complexity index is 996. The van der Waals surface area contributed by atoms with Gasteiger partial charge in [0.25, 0.3) is 0 Å². The van der Waals surface area contributed by atoms with E-state index in [-0.39, 0.29) is 18.4 Å². The summed E-state index contributed by atoms with van der Waals surface area (Å²) in [6, 6.07) is 14.8. The summed E-state index contributed by atoms with van der Waals surface area (Å²) in [5.41, 5.74) is 3.09. The zero-order chi connectivity index (χ0) is 24.6. The van der Waals surface area contributed by atoms with Gasteiger partial charge in [0, 0.05) is 24.9 Å². The van der Waals surface area contributed by atoms with Gasteiger partial charge in [0.15, 0.2) is 0 Å². The van der Waals surface area contributed by atoms with Crippen molar-refractivity contribution in [3.8, 4) is 0 Å². The molecule has 0 aliphatic carbocycles. The van der Waals surface area contributed by atoms with Crippen LogP contribution in [0.1, 0.15) is 23.8 Å². The number of aldehydes is 1. The predicted octanol–water partition coefficient (Wildman–Crippen LogP) is 3.43. The lowest BCUT2D eigenvalue weighted by atomic mass is 10.1. The number of carbonyl (C=O) groups is 2. The SMILES string of the molecule is CCOC(=O)CNC.O=CCOCCNCc1ccc2cc(CCc3ccc(F)cc3)oc2c1. The zero-order valence-corrected chi connectivity index (χ0v) is 19.8. The molecule has 1 aromatic heterocycles. The van der Waals surface area contributed by atoms with E-state index in [1.54, 1.807) is 26.1 Å². The predicted molar refractivity (Wildman–Crippen MR) is 129 cm³/mol. The number of nitrogens with one attached hydrogen (secondary N) is 2. The molecule has 0 fully saturated rings. The number of carbonyl (C=O) groups excluding carboxylic acids is 2. The molecule has 0 amide bonds. The van der Waals surface area contributed by atoms with Crippen LogP contribution in [0, 0.1) is 5.82 Å². The van der Waals surface area contributed by atoms with Crippen LogP contribution in [0.15, 0.2) is 52.9 Å². The van der Waals surface area contributed by atoms with E-state index in [1.165, 1.54) is 12.1 Å². The number of hydrogen-bond donors (Lipinski definition) is 2. The summed E-state index contributed by atoms with van der Waals surface area (Å²) in [4.78, 5) is 20.5. The van der Waals surface area contributed by atoms with Crippen molar-refractivity contribution in [1.82, 2.24) is 10.6 Å². The van der Waals surface area contributed by atoms with Crippen molar-refractivity contribution in [3.05, 3.63) is 71.2 Å². The van der Waals surface area contributed by atoms with Crippen molar-refractivity contribution < 1.29 is 27.9 Å². The van der Waals surface area contributed by atoms with E-state index in [4.69, 9.17) is 9.15 Å². The Balaban J connectivity index is 0.000000440. The molecule has 8 heteroatoms. The molecule has 2 aromatic carbocycles. The highest BCUT2D eigenvalue weighted by molar-refractivity contribution is 5.78. The molecule has 0 radical (unpaired) electrons. The highest BCUT2D eigenvalue weighted by Crippen LogP contribution is 2.22. The van der Waals surface area contributed by atoms with Crippen LogP contribution in [0.3, 0.4) is 0 Å². The molecular formula is C26H33FN2O5.